The van der Waals surface area contributed by atoms with Crippen molar-refractivity contribution < 1.29 is 24.2 Å². The molecule has 32 heavy (non-hydrogen) atoms. The minimum absolute atomic E-state index is 0.0136. The van der Waals surface area contributed by atoms with Crippen LogP contribution >= 0.6 is 11.6 Å². The molecular formula is C25H28ClNO5. The maximum atomic E-state index is 13.1. The molecule has 1 unspecified atom stereocenters. The number of Topliss-reactive ketones (excluding diaryl/α,β-unsaturated/α-hetero) is 1. The number of aliphatic hydroxyl groups excluding tert-OH is 1. The summed E-state index contributed by atoms with van der Waals surface area (Å²) in [5.41, 5.74) is 1.76. The normalized spacial score (nSPS) is 17.7. The Morgan fingerprint density at radius 2 is 1.94 bits per heavy atom. The highest BCUT2D eigenvalue weighted by Crippen LogP contribution is 2.43. The van der Waals surface area contributed by atoms with Crippen LogP contribution in [0.4, 0.5) is 0 Å². The molecule has 0 spiro atoms. The van der Waals surface area contributed by atoms with E-state index in [0.717, 1.165) is 18.4 Å². The summed E-state index contributed by atoms with van der Waals surface area (Å²) in [6, 6.07) is 9.90. The third kappa shape index (κ3) is 4.46. The largest absolute Gasteiger partial charge is 0.507 e. The van der Waals surface area contributed by atoms with Crippen LogP contribution in [0.1, 0.15) is 49.4 Å². The summed E-state index contributed by atoms with van der Waals surface area (Å²) in [5, 5.41) is 11.6. The summed E-state index contributed by atoms with van der Waals surface area (Å²) in [5.74, 6) is -0.801. The molecule has 1 amide bonds. The van der Waals surface area contributed by atoms with E-state index in [1.54, 1.807) is 18.2 Å². The Labute approximate surface area is 193 Å². The molecule has 2 aromatic rings. The monoisotopic (exact) mass is 457 g/mol. The summed E-state index contributed by atoms with van der Waals surface area (Å²) in [4.78, 5) is 27.6. The summed E-state index contributed by atoms with van der Waals surface area (Å²) >= 11 is 6.32. The second-order valence-electron chi connectivity index (χ2n) is 7.68. The number of methoxy groups -OCH3 is 1. The molecular weight excluding hydrogens is 430 g/mol. The maximum Gasteiger partial charge on any atom is 0.295 e. The van der Waals surface area contributed by atoms with Crippen LogP contribution in [0.5, 0.6) is 11.5 Å². The molecule has 0 saturated carbocycles. The number of halogens is 1. The Morgan fingerprint density at radius 1 is 1.19 bits per heavy atom. The molecule has 1 aliphatic rings. The number of ether oxygens (including phenoxy) is 2. The molecule has 1 N–H and O–H groups in total. The Morgan fingerprint density at radius 3 is 2.59 bits per heavy atom. The number of hydrogen-bond donors (Lipinski definition) is 1. The van der Waals surface area contributed by atoms with E-state index < -0.39 is 17.7 Å². The molecule has 2 aromatic carbocycles. The van der Waals surface area contributed by atoms with Crippen LogP contribution < -0.4 is 9.47 Å². The second kappa shape index (κ2) is 10.1. The quantitative estimate of drug-likeness (QED) is 0.331. The van der Waals surface area contributed by atoms with E-state index in [0.29, 0.717) is 29.5 Å². The van der Waals surface area contributed by atoms with Gasteiger partial charge in [0.15, 0.2) is 0 Å². The van der Waals surface area contributed by atoms with Crippen LogP contribution in [0.3, 0.4) is 0 Å². The van der Waals surface area contributed by atoms with Crippen LogP contribution in [0.15, 0.2) is 42.0 Å². The van der Waals surface area contributed by atoms with Gasteiger partial charge in [-0.25, -0.2) is 0 Å². The topological polar surface area (TPSA) is 76.1 Å². The second-order valence-corrected chi connectivity index (χ2v) is 8.09. The third-order valence-electron chi connectivity index (χ3n) is 5.42. The molecule has 0 aromatic heterocycles. The van der Waals surface area contributed by atoms with Crippen molar-refractivity contribution in [1.29, 1.82) is 0 Å². The maximum absolute atomic E-state index is 13.1. The van der Waals surface area contributed by atoms with Gasteiger partial charge in [-0.15, -0.1) is 0 Å². The van der Waals surface area contributed by atoms with Gasteiger partial charge < -0.3 is 19.5 Å². The number of amides is 1. The number of hydrogen-bond acceptors (Lipinski definition) is 5. The zero-order valence-electron chi connectivity index (χ0n) is 18.8. The minimum Gasteiger partial charge on any atom is -0.507 e. The van der Waals surface area contributed by atoms with Crippen LogP contribution in [0.2, 0.25) is 5.02 Å². The first-order valence-corrected chi connectivity index (χ1v) is 11.1. The first-order chi connectivity index (χ1) is 15.3. The van der Waals surface area contributed by atoms with Crippen molar-refractivity contribution in [2.45, 2.75) is 39.7 Å². The third-order valence-corrected chi connectivity index (χ3v) is 5.71. The lowest BCUT2D eigenvalue weighted by Crippen LogP contribution is -2.30. The van der Waals surface area contributed by atoms with Crippen molar-refractivity contribution >= 4 is 29.1 Å². The summed E-state index contributed by atoms with van der Waals surface area (Å²) in [7, 11) is 1.44. The fraction of sp³-hybridized carbons (Fsp3) is 0.360. The van der Waals surface area contributed by atoms with Crippen LogP contribution in [-0.4, -0.2) is 42.0 Å². The number of carbonyl (C=O) groups is 2. The fourth-order valence-electron chi connectivity index (χ4n) is 3.98. The van der Waals surface area contributed by atoms with Gasteiger partial charge in [-0.05, 0) is 55.7 Å². The van der Waals surface area contributed by atoms with E-state index in [4.69, 9.17) is 21.1 Å². The van der Waals surface area contributed by atoms with Gasteiger partial charge in [-0.2, -0.15) is 0 Å². The van der Waals surface area contributed by atoms with Gasteiger partial charge in [-0.1, -0.05) is 37.1 Å². The van der Waals surface area contributed by atoms with Gasteiger partial charge in [0, 0.05) is 6.54 Å². The number of aliphatic hydroxyl groups is 1. The Bertz CT molecular complexity index is 1060. The summed E-state index contributed by atoms with van der Waals surface area (Å²) in [6.45, 7) is 6.60. The molecule has 170 valence electrons. The number of benzene rings is 2. The number of unbranched alkanes of at least 4 members (excludes halogenated alkanes) is 1. The fourth-order valence-corrected chi connectivity index (χ4v) is 4.34. The lowest BCUT2D eigenvalue weighted by Gasteiger charge is -2.25. The minimum atomic E-state index is -0.744. The number of ketones is 1. The number of likely N-dealkylation sites (tertiary alicyclic amines) is 1. The summed E-state index contributed by atoms with van der Waals surface area (Å²) in [6.07, 6.45) is 1.59. The smallest absolute Gasteiger partial charge is 0.295 e. The molecule has 1 atom stereocenters. The first kappa shape index (κ1) is 23.7. The van der Waals surface area contributed by atoms with Crippen molar-refractivity contribution in [3.63, 3.8) is 0 Å². The Hall–Kier alpha value is -2.99. The Balaban J connectivity index is 2.25. The highest BCUT2D eigenvalue weighted by molar-refractivity contribution is 6.46. The number of nitrogens with zero attached hydrogens (tertiary/aromatic N) is 1. The van der Waals surface area contributed by atoms with E-state index >= 15 is 0 Å². The molecule has 0 bridgehead atoms. The van der Waals surface area contributed by atoms with E-state index in [9.17, 15) is 14.7 Å². The van der Waals surface area contributed by atoms with Gasteiger partial charge in [0.25, 0.3) is 11.7 Å². The number of rotatable bonds is 8. The lowest BCUT2D eigenvalue weighted by molar-refractivity contribution is -0.139. The molecule has 7 heteroatoms. The van der Waals surface area contributed by atoms with Gasteiger partial charge in [0.2, 0.25) is 0 Å². The number of carbonyl (C=O) groups excluding carboxylic acids is 2. The molecule has 6 nitrogen and oxygen atoms in total. The van der Waals surface area contributed by atoms with Crippen molar-refractivity contribution in [3.05, 3.63) is 63.7 Å². The van der Waals surface area contributed by atoms with Gasteiger partial charge in [-0.3, -0.25) is 9.59 Å². The van der Waals surface area contributed by atoms with E-state index in [1.165, 1.54) is 12.0 Å². The van der Waals surface area contributed by atoms with Crippen molar-refractivity contribution in [2.75, 3.05) is 20.3 Å². The van der Waals surface area contributed by atoms with Gasteiger partial charge in [0.05, 0.1) is 35.9 Å². The standard InChI is InChI=1S/C25H28ClNO5/c1-5-7-11-27-21(16-9-8-10-17(14-16)32-6-2)20(23(29)25(27)30)22(28)18-12-15(3)13-19(26)24(18)31-4/h8-10,12-14,21,28H,5-7,11H2,1-4H3/b22-20+. The molecule has 0 aliphatic carbocycles. The van der Waals surface area contributed by atoms with Gasteiger partial charge in [0.1, 0.15) is 17.3 Å². The van der Waals surface area contributed by atoms with Crippen LogP contribution in [0.25, 0.3) is 5.76 Å². The molecule has 0 radical (unpaired) electrons. The first-order valence-electron chi connectivity index (χ1n) is 10.7. The average molecular weight is 458 g/mol. The Kier molecular flexibility index (Phi) is 7.46. The highest BCUT2D eigenvalue weighted by Gasteiger charge is 2.46. The zero-order valence-corrected chi connectivity index (χ0v) is 19.5. The van der Waals surface area contributed by atoms with Crippen molar-refractivity contribution in [2.24, 2.45) is 0 Å². The lowest BCUT2D eigenvalue weighted by atomic mass is 9.94. The predicted molar refractivity (Wildman–Crippen MR) is 124 cm³/mol. The molecule has 3 rings (SSSR count). The molecule has 1 aliphatic heterocycles. The average Bonchev–Trinajstić information content (AvgIpc) is 3.02. The molecule has 1 saturated heterocycles. The summed E-state index contributed by atoms with van der Waals surface area (Å²) < 4.78 is 11.0. The highest BCUT2D eigenvalue weighted by atomic mass is 35.5. The predicted octanol–water partition coefficient (Wildman–Crippen LogP) is 5.28. The van der Waals surface area contributed by atoms with Crippen molar-refractivity contribution in [3.8, 4) is 11.5 Å². The number of aryl methyl sites for hydroxylation is 1. The zero-order chi connectivity index (χ0) is 23.4. The van der Waals surface area contributed by atoms with E-state index in [2.05, 4.69) is 0 Å². The SMILES string of the molecule is CCCCN1C(=O)C(=O)/C(=C(/O)c2cc(C)cc(Cl)c2OC)C1c1cccc(OCC)c1. The van der Waals surface area contributed by atoms with Crippen molar-refractivity contribution in [1.82, 2.24) is 4.90 Å². The van der Waals surface area contributed by atoms with E-state index in [1.807, 2.05) is 39.0 Å². The van der Waals surface area contributed by atoms with Crippen LogP contribution in [-0.2, 0) is 9.59 Å². The van der Waals surface area contributed by atoms with E-state index in [-0.39, 0.29) is 22.6 Å². The van der Waals surface area contributed by atoms with Crippen LogP contribution in [0, 0.1) is 6.92 Å². The van der Waals surface area contributed by atoms with Gasteiger partial charge >= 0.3 is 0 Å². The molecule has 1 fully saturated rings. The molecule has 1 heterocycles.